The maximum atomic E-state index is 13.1. The molecule has 0 saturated carbocycles. The van der Waals surface area contributed by atoms with Crippen molar-refractivity contribution in [2.24, 2.45) is 0 Å². The van der Waals surface area contributed by atoms with Crippen LogP contribution in [0.3, 0.4) is 0 Å². The molecule has 0 fully saturated rings. The van der Waals surface area contributed by atoms with Crippen molar-refractivity contribution in [3.05, 3.63) is 0 Å². The fraction of sp³-hybridized carbons (Fsp3) is 0.947. The van der Waals surface area contributed by atoms with Crippen molar-refractivity contribution in [1.29, 1.82) is 0 Å². The molecule has 0 aromatic heterocycles. The lowest BCUT2D eigenvalue weighted by molar-refractivity contribution is -0.161. The molecule has 5 atom stereocenters. The van der Waals surface area contributed by atoms with Crippen molar-refractivity contribution in [3.8, 4) is 0 Å². The van der Waals surface area contributed by atoms with E-state index in [1.165, 1.54) is 238 Å². The molecule has 19 heteroatoms. The van der Waals surface area contributed by atoms with E-state index in [1.54, 1.807) is 0 Å². The summed E-state index contributed by atoms with van der Waals surface area (Å²) < 4.78 is 68.5. The van der Waals surface area contributed by atoms with E-state index < -0.39 is 97.5 Å². The van der Waals surface area contributed by atoms with E-state index in [0.717, 1.165) is 89.9 Å². The highest BCUT2D eigenvalue weighted by Crippen LogP contribution is 2.45. The second-order valence-electron chi connectivity index (χ2n) is 27.4. The Morgan fingerprint density at radius 1 is 0.253 bits per heavy atom. The molecule has 17 nitrogen and oxygen atoms in total. The van der Waals surface area contributed by atoms with Gasteiger partial charge >= 0.3 is 39.5 Å². The molecule has 564 valence electrons. The number of phosphoric acid groups is 2. The number of aliphatic hydroxyl groups excluding tert-OH is 1. The van der Waals surface area contributed by atoms with Gasteiger partial charge in [-0.3, -0.25) is 37.3 Å². The Balaban J connectivity index is 5.20. The first-order chi connectivity index (χ1) is 46.2. The minimum absolute atomic E-state index is 0.108. The summed E-state index contributed by atoms with van der Waals surface area (Å²) in [7, 11) is -9.90. The number of rotatable bonds is 77. The minimum Gasteiger partial charge on any atom is -0.462 e. The molecule has 0 spiro atoms. The van der Waals surface area contributed by atoms with Crippen molar-refractivity contribution in [3.63, 3.8) is 0 Å². The van der Waals surface area contributed by atoms with Gasteiger partial charge in [-0.25, -0.2) is 9.13 Å². The predicted octanol–water partition coefficient (Wildman–Crippen LogP) is 22.6. The molecule has 0 saturated heterocycles. The van der Waals surface area contributed by atoms with E-state index in [9.17, 15) is 43.2 Å². The van der Waals surface area contributed by atoms with Gasteiger partial charge in [0, 0.05) is 25.7 Å². The molecule has 0 aliphatic rings. The second-order valence-corrected chi connectivity index (χ2v) is 30.3. The van der Waals surface area contributed by atoms with Crippen LogP contribution in [0.25, 0.3) is 0 Å². The van der Waals surface area contributed by atoms with Gasteiger partial charge in [-0.15, -0.1) is 0 Å². The zero-order valence-electron chi connectivity index (χ0n) is 61.6. The molecule has 0 aliphatic heterocycles. The number of carbonyl (C=O) groups is 4. The van der Waals surface area contributed by atoms with Crippen LogP contribution in [0.1, 0.15) is 407 Å². The fourth-order valence-corrected chi connectivity index (χ4v) is 13.3. The van der Waals surface area contributed by atoms with Gasteiger partial charge in [0.05, 0.1) is 26.4 Å². The molecule has 3 N–H and O–H groups in total. The summed E-state index contributed by atoms with van der Waals surface area (Å²) in [5.74, 6) is -2.11. The lowest BCUT2D eigenvalue weighted by Gasteiger charge is -2.21. The number of phosphoric ester groups is 2. The number of aliphatic hydroxyl groups is 1. The van der Waals surface area contributed by atoms with E-state index in [-0.39, 0.29) is 25.7 Å². The molecule has 2 unspecified atom stereocenters. The smallest absolute Gasteiger partial charge is 0.462 e. The number of hydrogen-bond donors (Lipinski definition) is 3. The molecule has 0 heterocycles. The van der Waals surface area contributed by atoms with Gasteiger partial charge in [0.2, 0.25) is 0 Å². The first-order valence-corrected chi connectivity index (χ1v) is 42.8. The van der Waals surface area contributed by atoms with Gasteiger partial charge in [-0.05, 0) is 25.7 Å². The highest BCUT2D eigenvalue weighted by atomic mass is 31.2. The third kappa shape index (κ3) is 70.3. The zero-order valence-corrected chi connectivity index (χ0v) is 63.4. The Hall–Kier alpha value is -1.94. The van der Waals surface area contributed by atoms with E-state index in [1.807, 2.05) is 0 Å². The summed E-state index contributed by atoms with van der Waals surface area (Å²) in [5, 5.41) is 10.6. The maximum absolute atomic E-state index is 13.1. The Morgan fingerprint density at radius 3 is 0.621 bits per heavy atom. The minimum atomic E-state index is -4.96. The van der Waals surface area contributed by atoms with Crippen LogP contribution in [0.2, 0.25) is 0 Å². The van der Waals surface area contributed by atoms with Gasteiger partial charge in [-0.2, -0.15) is 0 Å². The Kier molecular flexibility index (Phi) is 69.1. The molecule has 0 aliphatic carbocycles. The topological polar surface area (TPSA) is 237 Å². The fourth-order valence-electron chi connectivity index (χ4n) is 11.8. The van der Waals surface area contributed by atoms with Gasteiger partial charge in [0.1, 0.15) is 19.3 Å². The molecule has 0 rings (SSSR count). The van der Waals surface area contributed by atoms with Gasteiger partial charge < -0.3 is 33.8 Å². The number of ether oxygens (including phenoxy) is 4. The molecule has 95 heavy (non-hydrogen) atoms. The van der Waals surface area contributed by atoms with Crippen molar-refractivity contribution in [2.45, 2.75) is 425 Å². The van der Waals surface area contributed by atoms with Crippen molar-refractivity contribution in [2.75, 3.05) is 39.6 Å². The summed E-state index contributed by atoms with van der Waals surface area (Å²) in [6.07, 6.45) is 61.1. The number of hydrogen-bond acceptors (Lipinski definition) is 15. The van der Waals surface area contributed by atoms with Crippen LogP contribution in [0.4, 0.5) is 0 Å². The Labute approximate surface area is 581 Å². The van der Waals surface area contributed by atoms with Gasteiger partial charge in [-0.1, -0.05) is 355 Å². The van der Waals surface area contributed by atoms with Gasteiger partial charge in [0.15, 0.2) is 12.2 Å². The zero-order chi connectivity index (χ0) is 69.7. The standard InChI is InChI=1S/C76H148O17P2/c1-5-9-13-17-21-25-28-31-33-35-37-39-41-44-47-51-55-59-63-76(81)93-72(67-87-74(79)61-57-53-49-45-43-40-38-36-34-32-29-26-22-18-14-10-6-2)69-91-95(84,85)89-65-70(77)64-88-94(82,83)90-68-71(66-86-73(78)60-56-52-48-24-20-16-12-8-4)92-75(80)62-58-54-50-46-42-30-27-23-19-15-11-7-3/h70-72,77H,5-69H2,1-4H3,(H,82,83)(H,84,85)/t70-,71+,72+/m0/s1. The van der Waals surface area contributed by atoms with Crippen molar-refractivity contribution < 1.29 is 80.2 Å². The number of carbonyl (C=O) groups excluding carboxylic acids is 4. The third-order valence-electron chi connectivity index (χ3n) is 17.9. The van der Waals surface area contributed by atoms with Crippen LogP contribution >= 0.6 is 15.6 Å². The average molecular weight is 1400 g/mol. The van der Waals surface area contributed by atoms with E-state index in [0.29, 0.717) is 25.7 Å². The summed E-state index contributed by atoms with van der Waals surface area (Å²) in [6, 6.07) is 0. The average Bonchev–Trinajstić information content (AvgIpc) is 1.41. The second kappa shape index (κ2) is 70.5. The van der Waals surface area contributed by atoms with Crippen LogP contribution in [-0.2, 0) is 65.4 Å². The first-order valence-electron chi connectivity index (χ1n) is 39.8. The molecule has 0 aromatic rings. The van der Waals surface area contributed by atoms with Crippen LogP contribution in [0.5, 0.6) is 0 Å². The summed E-state index contributed by atoms with van der Waals surface area (Å²) in [4.78, 5) is 72.7. The monoisotopic (exact) mass is 1400 g/mol. The van der Waals surface area contributed by atoms with E-state index in [4.69, 9.17) is 37.0 Å². The largest absolute Gasteiger partial charge is 0.472 e. The maximum Gasteiger partial charge on any atom is 0.472 e. The first kappa shape index (κ1) is 93.1. The summed E-state index contributed by atoms with van der Waals surface area (Å²) in [6.45, 7) is 4.97. The van der Waals surface area contributed by atoms with Crippen LogP contribution in [0.15, 0.2) is 0 Å². The van der Waals surface area contributed by atoms with Gasteiger partial charge in [0.25, 0.3) is 0 Å². The number of unbranched alkanes of at least 4 members (excludes halogenated alkanes) is 51. The molecule has 0 bridgehead atoms. The van der Waals surface area contributed by atoms with Crippen molar-refractivity contribution in [1.82, 2.24) is 0 Å². The third-order valence-corrected chi connectivity index (χ3v) is 19.8. The SMILES string of the molecule is CCCCCCCCCCCCCCCCCCCCC(=O)O[C@H](COC(=O)CCCCCCCCCCCCCCCCCCC)COP(=O)(O)OC[C@@H](O)COP(=O)(O)OC[C@@H](COC(=O)CCCCCCCCCC)OC(=O)CCCCCCCCCCCCCC. The lowest BCUT2D eigenvalue weighted by Crippen LogP contribution is -2.30. The molecule has 0 radical (unpaired) electrons. The van der Waals surface area contributed by atoms with Crippen LogP contribution in [-0.4, -0.2) is 96.7 Å². The normalized spacial score (nSPS) is 13.9. The predicted molar refractivity (Wildman–Crippen MR) is 386 cm³/mol. The lowest BCUT2D eigenvalue weighted by atomic mass is 10.0. The highest BCUT2D eigenvalue weighted by Gasteiger charge is 2.30. The Morgan fingerprint density at radius 2 is 0.421 bits per heavy atom. The molecular weight excluding hydrogens is 1250 g/mol. The van der Waals surface area contributed by atoms with E-state index in [2.05, 4.69) is 27.7 Å². The van der Waals surface area contributed by atoms with Crippen LogP contribution < -0.4 is 0 Å². The highest BCUT2D eigenvalue weighted by molar-refractivity contribution is 7.47. The molecular formula is C76H148O17P2. The molecule has 0 aromatic carbocycles. The quantitative estimate of drug-likeness (QED) is 0.0222. The summed E-state index contributed by atoms with van der Waals surface area (Å²) >= 11 is 0. The van der Waals surface area contributed by atoms with Crippen LogP contribution in [0, 0.1) is 0 Å². The molecule has 0 amide bonds. The summed E-state index contributed by atoms with van der Waals surface area (Å²) in [5.41, 5.74) is 0. The van der Waals surface area contributed by atoms with E-state index >= 15 is 0 Å². The Bertz CT molecular complexity index is 1810. The number of esters is 4. The van der Waals surface area contributed by atoms with Crippen molar-refractivity contribution >= 4 is 39.5 Å².